The van der Waals surface area contributed by atoms with Crippen LogP contribution < -0.4 is 10.0 Å². The molecule has 0 aromatic heterocycles. The Morgan fingerprint density at radius 3 is 2.62 bits per heavy atom. The molecule has 0 spiro atoms. The normalized spacial score (nSPS) is 13.3. The van der Waals surface area contributed by atoms with Crippen LogP contribution in [0.25, 0.3) is 0 Å². The van der Waals surface area contributed by atoms with E-state index in [-0.39, 0.29) is 0 Å². The number of benzene rings is 1. The fourth-order valence-corrected chi connectivity index (χ4v) is 3.81. The maximum atomic E-state index is 12.5. The number of hydrogen-bond donors (Lipinski definition) is 2. The topological polar surface area (TPSA) is 58.2 Å². The molecule has 2 N–H and O–H groups in total. The number of hydrogen-bond acceptors (Lipinski definition) is 4. The first-order valence-electron chi connectivity index (χ1n) is 7.23. The third kappa shape index (κ3) is 5.62. The second-order valence-electron chi connectivity index (χ2n) is 5.06. The van der Waals surface area contributed by atoms with Gasteiger partial charge in [-0.2, -0.15) is 11.8 Å². The highest BCUT2D eigenvalue weighted by molar-refractivity contribution is 7.99. The van der Waals surface area contributed by atoms with E-state index in [2.05, 4.69) is 17.0 Å². The first kappa shape index (κ1) is 18.5. The monoisotopic (exact) mass is 330 g/mol. The number of aryl methyl sites for hydroxylation is 1. The van der Waals surface area contributed by atoms with Crippen LogP contribution >= 0.6 is 11.8 Å². The summed E-state index contributed by atoms with van der Waals surface area (Å²) in [6, 6.07) is 5.66. The van der Waals surface area contributed by atoms with Crippen molar-refractivity contribution < 1.29 is 8.42 Å². The Bertz CT molecular complexity index is 545. The Kier molecular flexibility index (Phi) is 7.73. The van der Waals surface area contributed by atoms with Crippen LogP contribution in [0.1, 0.15) is 31.4 Å². The van der Waals surface area contributed by atoms with E-state index < -0.39 is 10.0 Å². The van der Waals surface area contributed by atoms with E-state index in [4.69, 9.17) is 0 Å². The summed E-state index contributed by atoms with van der Waals surface area (Å²) in [5, 5.41) is 3.50. The highest BCUT2D eigenvalue weighted by atomic mass is 32.2. The molecule has 1 aromatic rings. The summed E-state index contributed by atoms with van der Waals surface area (Å²) in [7, 11) is -1.58. The first-order chi connectivity index (χ1) is 9.94. The van der Waals surface area contributed by atoms with Gasteiger partial charge in [0, 0.05) is 18.3 Å². The summed E-state index contributed by atoms with van der Waals surface area (Å²) >= 11 is 1.74. The van der Waals surface area contributed by atoms with Gasteiger partial charge in [-0.15, -0.1) is 0 Å². The van der Waals surface area contributed by atoms with E-state index in [9.17, 15) is 8.42 Å². The predicted molar refractivity (Wildman–Crippen MR) is 91.4 cm³/mol. The minimum absolute atomic E-state index is 0.412. The van der Waals surface area contributed by atoms with E-state index in [0.717, 1.165) is 17.5 Å². The summed E-state index contributed by atoms with van der Waals surface area (Å²) in [6.07, 6.45) is 3.57. The Labute approximate surface area is 133 Å². The van der Waals surface area contributed by atoms with Crippen LogP contribution in [0, 0.1) is 0 Å². The highest BCUT2D eigenvalue weighted by Gasteiger charge is 2.18. The van der Waals surface area contributed by atoms with E-state index in [1.54, 1.807) is 17.8 Å². The zero-order valence-electron chi connectivity index (χ0n) is 13.3. The van der Waals surface area contributed by atoms with Crippen LogP contribution in [0.15, 0.2) is 23.1 Å². The van der Waals surface area contributed by atoms with E-state index in [1.807, 2.05) is 32.4 Å². The van der Waals surface area contributed by atoms with E-state index in [1.165, 1.54) is 0 Å². The van der Waals surface area contributed by atoms with Crippen LogP contribution in [0.2, 0.25) is 0 Å². The lowest BCUT2D eigenvalue weighted by Gasteiger charge is -2.13. The van der Waals surface area contributed by atoms with Gasteiger partial charge < -0.3 is 5.32 Å². The third-order valence-corrected chi connectivity index (χ3v) is 6.01. The van der Waals surface area contributed by atoms with Crippen LogP contribution in [0.5, 0.6) is 0 Å². The van der Waals surface area contributed by atoms with Gasteiger partial charge >= 0.3 is 0 Å². The van der Waals surface area contributed by atoms with Crippen molar-refractivity contribution in [1.29, 1.82) is 0 Å². The fourth-order valence-electron chi connectivity index (χ4n) is 2.05. The van der Waals surface area contributed by atoms with Gasteiger partial charge in [0.15, 0.2) is 0 Å². The zero-order valence-corrected chi connectivity index (χ0v) is 14.9. The third-order valence-electron chi connectivity index (χ3n) is 3.43. The Hall–Kier alpha value is -0.560. The lowest BCUT2D eigenvalue weighted by atomic mass is 10.1. The average molecular weight is 331 g/mol. The molecule has 1 aromatic carbocycles. The molecule has 6 heteroatoms. The van der Waals surface area contributed by atoms with Crippen molar-refractivity contribution in [1.82, 2.24) is 10.0 Å². The average Bonchev–Trinajstić information content (AvgIpc) is 2.47. The molecule has 0 amide bonds. The van der Waals surface area contributed by atoms with Gasteiger partial charge in [0.25, 0.3) is 0 Å². The number of rotatable bonds is 9. The molecule has 0 bridgehead atoms. The standard InChI is InChI=1S/C15H26N2O2S2/c1-5-14-7-6-13(11-16-3)10-15(14)21(18,19)17-9-8-12(2)20-4/h6-7,10,12,16-17H,5,8-9,11H2,1-4H3. The molecule has 0 fully saturated rings. The highest BCUT2D eigenvalue weighted by Crippen LogP contribution is 2.19. The van der Waals surface area contributed by atoms with Crippen molar-refractivity contribution in [2.24, 2.45) is 0 Å². The summed E-state index contributed by atoms with van der Waals surface area (Å²) < 4.78 is 27.7. The van der Waals surface area contributed by atoms with Crippen molar-refractivity contribution in [2.75, 3.05) is 19.8 Å². The number of nitrogens with one attached hydrogen (secondary N) is 2. The Morgan fingerprint density at radius 1 is 1.33 bits per heavy atom. The van der Waals surface area contributed by atoms with Crippen molar-refractivity contribution in [3.8, 4) is 0 Å². The number of sulfonamides is 1. The Balaban J connectivity index is 2.92. The second kappa shape index (κ2) is 8.78. The molecule has 4 nitrogen and oxygen atoms in total. The SMILES string of the molecule is CCc1ccc(CNC)cc1S(=O)(=O)NCCC(C)SC. The maximum Gasteiger partial charge on any atom is 0.240 e. The van der Waals surface area contributed by atoms with Crippen LogP contribution in [0.4, 0.5) is 0 Å². The smallest absolute Gasteiger partial charge is 0.240 e. The predicted octanol–water partition coefficient (Wildman–Crippen LogP) is 2.39. The molecule has 0 radical (unpaired) electrons. The summed E-state index contributed by atoms with van der Waals surface area (Å²) in [5.41, 5.74) is 1.84. The molecule has 1 atom stereocenters. The molecule has 1 rings (SSSR count). The largest absolute Gasteiger partial charge is 0.316 e. The summed E-state index contributed by atoms with van der Waals surface area (Å²) in [5.74, 6) is 0. The molecule has 0 aliphatic heterocycles. The Morgan fingerprint density at radius 2 is 2.05 bits per heavy atom. The van der Waals surface area contributed by atoms with Gasteiger partial charge in [0.2, 0.25) is 10.0 Å². The van der Waals surface area contributed by atoms with Gasteiger partial charge in [-0.25, -0.2) is 13.1 Å². The summed E-state index contributed by atoms with van der Waals surface area (Å²) in [6.45, 7) is 5.21. The van der Waals surface area contributed by atoms with Gasteiger partial charge in [-0.05, 0) is 43.3 Å². The van der Waals surface area contributed by atoms with Gasteiger partial charge in [0.1, 0.15) is 0 Å². The van der Waals surface area contributed by atoms with Gasteiger partial charge in [-0.1, -0.05) is 26.0 Å². The molecule has 0 heterocycles. The minimum Gasteiger partial charge on any atom is -0.316 e. The molecule has 120 valence electrons. The number of thioether (sulfide) groups is 1. The van der Waals surface area contributed by atoms with Crippen LogP contribution in [-0.2, 0) is 23.0 Å². The minimum atomic E-state index is -3.43. The summed E-state index contributed by atoms with van der Waals surface area (Å²) in [4.78, 5) is 0.412. The van der Waals surface area contributed by atoms with Crippen molar-refractivity contribution >= 4 is 21.8 Å². The van der Waals surface area contributed by atoms with Crippen molar-refractivity contribution in [3.63, 3.8) is 0 Å². The zero-order chi connectivity index (χ0) is 15.9. The molecule has 0 saturated heterocycles. The van der Waals surface area contributed by atoms with Gasteiger partial charge in [0.05, 0.1) is 4.90 Å². The van der Waals surface area contributed by atoms with Gasteiger partial charge in [-0.3, -0.25) is 0 Å². The molecular formula is C15H26N2O2S2. The van der Waals surface area contributed by atoms with Crippen molar-refractivity contribution in [2.45, 2.75) is 43.4 Å². The van der Waals surface area contributed by atoms with E-state index >= 15 is 0 Å². The maximum absolute atomic E-state index is 12.5. The molecule has 1 unspecified atom stereocenters. The van der Waals surface area contributed by atoms with Crippen molar-refractivity contribution in [3.05, 3.63) is 29.3 Å². The molecule has 21 heavy (non-hydrogen) atoms. The van der Waals surface area contributed by atoms with Crippen LogP contribution in [-0.4, -0.2) is 33.5 Å². The molecule has 0 saturated carbocycles. The van der Waals surface area contributed by atoms with Crippen LogP contribution in [0.3, 0.4) is 0 Å². The lowest BCUT2D eigenvalue weighted by molar-refractivity contribution is 0.577. The first-order valence-corrected chi connectivity index (χ1v) is 10.0. The molecule has 0 aliphatic carbocycles. The fraction of sp³-hybridized carbons (Fsp3) is 0.600. The van der Waals surface area contributed by atoms with E-state index in [0.29, 0.717) is 29.7 Å². The quantitative estimate of drug-likeness (QED) is 0.730. The second-order valence-corrected chi connectivity index (χ2v) is 8.07. The molecule has 0 aliphatic rings. The lowest BCUT2D eigenvalue weighted by Crippen LogP contribution is -2.27. The molecular weight excluding hydrogens is 304 g/mol.